The highest BCUT2D eigenvalue weighted by Gasteiger charge is 2.00. The van der Waals surface area contributed by atoms with E-state index in [2.05, 4.69) is 15.3 Å². The number of hydrogen-bond acceptors (Lipinski definition) is 4. The van der Waals surface area contributed by atoms with E-state index in [0.717, 1.165) is 11.3 Å². The fourth-order valence-electron chi connectivity index (χ4n) is 1.20. The number of nitrogens with one attached hydrogen (secondary N) is 1. The van der Waals surface area contributed by atoms with Gasteiger partial charge in [0.25, 0.3) is 0 Å². The predicted molar refractivity (Wildman–Crippen MR) is 65.4 cm³/mol. The summed E-state index contributed by atoms with van der Waals surface area (Å²) in [6.45, 7) is 4.36. The van der Waals surface area contributed by atoms with Gasteiger partial charge >= 0.3 is 6.09 Å². The summed E-state index contributed by atoms with van der Waals surface area (Å²) in [5.74, 6) is 0.810. The van der Waals surface area contributed by atoms with E-state index in [4.69, 9.17) is 4.74 Å². The molecule has 17 heavy (non-hydrogen) atoms. The van der Waals surface area contributed by atoms with Crippen LogP contribution in [0.15, 0.2) is 29.4 Å². The van der Waals surface area contributed by atoms with Crippen LogP contribution in [0.3, 0.4) is 0 Å². The number of carbonyl (C=O) groups is 1. The molecule has 0 fully saturated rings. The van der Waals surface area contributed by atoms with Gasteiger partial charge < -0.3 is 9.47 Å². The summed E-state index contributed by atoms with van der Waals surface area (Å²) in [5, 5.41) is 3.89. The largest absolute Gasteiger partial charge is 0.494 e. The second kappa shape index (κ2) is 6.52. The molecule has 0 spiro atoms. The molecule has 1 amide bonds. The van der Waals surface area contributed by atoms with Gasteiger partial charge in [-0.15, -0.1) is 0 Å². The van der Waals surface area contributed by atoms with Crippen molar-refractivity contribution in [2.24, 2.45) is 5.10 Å². The highest BCUT2D eigenvalue weighted by Crippen LogP contribution is 2.12. The molecule has 5 heteroatoms. The topological polar surface area (TPSA) is 59.9 Å². The molecule has 0 aromatic heterocycles. The Kier molecular flexibility index (Phi) is 5.00. The molecule has 1 rings (SSSR count). The number of ether oxygens (including phenoxy) is 2. The Balaban J connectivity index is 2.68. The summed E-state index contributed by atoms with van der Waals surface area (Å²) >= 11 is 0. The van der Waals surface area contributed by atoms with Gasteiger partial charge in [0.2, 0.25) is 0 Å². The Hall–Kier alpha value is -2.04. The Labute approximate surface area is 100 Å². The predicted octanol–water partition coefficient (Wildman–Crippen LogP) is 2.17. The standard InChI is InChI=1S/C12H16N2O3/c1-4-17-11-7-5-10(6-8-11)9(2)13-14-12(15)16-3/h5-8H,4H2,1-3H3,(H,14,15). The van der Waals surface area contributed by atoms with Crippen LogP contribution in [0.5, 0.6) is 5.75 Å². The highest BCUT2D eigenvalue weighted by atomic mass is 16.5. The lowest BCUT2D eigenvalue weighted by molar-refractivity contribution is 0.171. The Morgan fingerprint density at radius 1 is 1.35 bits per heavy atom. The molecule has 0 aliphatic heterocycles. The Morgan fingerprint density at radius 2 is 2.00 bits per heavy atom. The lowest BCUT2D eigenvalue weighted by atomic mass is 10.1. The van der Waals surface area contributed by atoms with E-state index < -0.39 is 6.09 Å². The van der Waals surface area contributed by atoms with Crippen LogP contribution < -0.4 is 10.2 Å². The summed E-state index contributed by atoms with van der Waals surface area (Å²) in [7, 11) is 1.29. The average Bonchev–Trinajstić information content (AvgIpc) is 2.36. The second-order valence-electron chi connectivity index (χ2n) is 3.26. The van der Waals surface area contributed by atoms with E-state index in [0.29, 0.717) is 12.3 Å². The van der Waals surface area contributed by atoms with E-state index in [1.807, 2.05) is 31.2 Å². The molecular formula is C12H16N2O3. The first-order valence-electron chi connectivity index (χ1n) is 5.28. The maximum atomic E-state index is 10.8. The Bertz CT molecular complexity index is 399. The van der Waals surface area contributed by atoms with Gasteiger partial charge in [0.05, 0.1) is 19.4 Å². The van der Waals surface area contributed by atoms with Crippen molar-refractivity contribution in [2.45, 2.75) is 13.8 Å². The van der Waals surface area contributed by atoms with Crippen molar-refractivity contribution in [1.82, 2.24) is 5.43 Å². The molecule has 0 aliphatic rings. The van der Waals surface area contributed by atoms with Crippen molar-refractivity contribution in [3.8, 4) is 5.75 Å². The van der Waals surface area contributed by atoms with Gasteiger partial charge in [0.1, 0.15) is 5.75 Å². The van der Waals surface area contributed by atoms with Gasteiger partial charge in [-0.1, -0.05) is 0 Å². The number of hydrogen-bond donors (Lipinski definition) is 1. The van der Waals surface area contributed by atoms with Crippen molar-refractivity contribution < 1.29 is 14.3 Å². The summed E-state index contributed by atoms with van der Waals surface area (Å²) in [5.41, 5.74) is 3.87. The van der Waals surface area contributed by atoms with Crippen molar-refractivity contribution in [1.29, 1.82) is 0 Å². The number of rotatable bonds is 4. The second-order valence-corrected chi connectivity index (χ2v) is 3.26. The monoisotopic (exact) mass is 236 g/mol. The van der Waals surface area contributed by atoms with Gasteiger partial charge in [0.15, 0.2) is 0 Å². The van der Waals surface area contributed by atoms with E-state index >= 15 is 0 Å². The van der Waals surface area contributed by atoms with Crippen molar-refractivity contribution in [2.75, 3.05) is 13.7 Å². The smallest absolute Gasteiger partial charge is 0.427 e. The van der Waals surface area contributed by atoms with E-state index in [1.54, 1.807) is 6.92 Å². The molecule has 0 radical (unpaired) electrons. The molecule has 92 valence electrons. The lowest BCUT2D eigenvalue weighted by Gasteiger charge is -2.05. The van der Waals surface area contributed by atoms with Crippen LogP contribution in [-0.4, -0.2) is 25.5 Å². The van der Waals surface area contributed by atoms with E-state index in [1.165, 1.54) is 7.11 Å². The maximum absolute atomic E-state index is 10.8. The zero-order valence-corrected chi connectivity index (χ0v) is 10.2. The average molecular weight is 236 g/mol. The molecule has 0 bridgehead atoms. The van der Waals surface area contributed by atoms with Crippen LogP contribution in [0, 0.1) is 0 Å². The van der Waals surface area contributed by atoms with Crippen LogP contribution in [0.4, 0.5) is 4.79 Å². The fourth-order valence-corrected chi connectivity index (χ4v) is 1.20. The molecule has 0 saturated heterocycles. The third kappa shape index (κ3) is 4.14. The summed E-state index contributed by atoms with van der Waals surface area (Å²) in [6.07, 6.45) is -0.588. The minimum absolute atomic E-state index is 0.588. The minimum Gasteiger partial charge on any atom is -0.494 e. The molecular weight excluding hydrogens is 220 g/mol. The third-order valence-corrected chi connectivity index (χ3v) is 2.08. The molecule has 0 aliphatic carbocycles. The number of hydrazone groups is 1. The zero-order chi connectivity index (χ0) is 12.7. The quantitative estimate of drug-likeness (QED) is 0.643. The Morgan fingerprint density at radius 3 is 2.53 bits per heavy atom. The van der Waals surface area contributed by atoms with E-state index in [9.17, 15) is 4.79 Å². The van der Waals surface area contributed by atoms with Gasteiger partial charge in [-0.25, -0.2) is 10.2 Å². The van der Waals surface area contributed by atoms with Gasteiger partial charge in [-0.3, -0.25) is 0 Å². The fraction of sp³-hybridized carbons (Fsp3) is 0.333. The number of carbonyl (C=O) groups excluding carboxylic acids is 1. The summed E-state index contributed by atoms with van der Waals surface area (Å²) in [6, 6.07) is 7.47. The number of methoxy groups -OCH3 is 1. The van der Waals surface area contributed by atoms with Crippen LogP contribution in [0.25, 0.3) is 0 Å². The highest BCUT2D eigenvalue weighted by molar-refractivity contribution is 5.99. The maximum Gasteiger partial charge on any atom is 0.427 e. The molecule has 0 heterocycles. The van der Waals surface area contributed by atoms with Gasteiger partial charge in [-0.2, -0.15) is 5.10 Å². The van der Waals surface area contributed by atoms with Crippen molar-refractivity contribution in [3.05, 3.63) is 29.8 Å². The molecule has 0 saturated carbocycles. The van der Waals surface area contributed by atoms with Gasteiger partial charge in [-0.05, 0) is 43.7 Å². The van der Waals surface area contributed by atoms with Crippen LogP contribution in [-0.2, 0) is 4.74 Å². The number of amides is 1. The van der Waals surface area contributed by atoms with Crippen molar-refractivity contribution >= 4 is 11.8 Å². The van der Waals surface area contributed by atoms with Gasteiger partial charge in [0, 0.05) is 0 Å². The van der Waals surface area contributed by atoms with Crippen LogP contribution >= 0.6 is 0 Å². The molecule has 1 aromatic rings. The van der Waals surface area contributed by atoms with E-state index in [-0.39, 0.29) is 0 Å². The summed E-state index contributed by atoms with van der Waals surface area (Å²) < 4.78 is 9.74. The lowest BCUT2D eigenvalue weighted by Crippen LogP contribution is -2.18. The van der Waals surface area contributed by atoms with Crippen LogP contribution in [0.1, 0.15) is 19.4 Å². The SMILES string of the molecule is CCOc1ccc(C(C)=NNC(=O)OC)cc1. The number of nitrogens with zero attached hydrogens (tertiary/aromatic N) is 1. The minimum atomic E-state index is -0.588. The molecule has 0 atom stereocenters. The first kappa shape index (κ1) is 13.0. The first-order chi connectivity index (χ1) is 8.17. The molecule has 5 nitrogen and oxygen atoms in total. The normalized spacial score (nSPS) is 10.9. The van der Waals surface area contributed by atoms with Crippen molar-refractivity contribution in [3.63, 3.8) is 0 Å². The molecule has 1 aromatic carbocycles. The summed E-state index contributed by atoms with van der Waals surface area (Å²) in [4.78, 5) is 10.8. The number of benzene rings is 1. The first-order valence-corrected chi connectivity index (χ1v) is 5.28. The molecule has 0 unspecified atom stereocenters. The van der Waals surface area contributed by atoms with Crippen LogP contribution in [0.2, 0.25) is 0 Å². The zero-order valence-electron chi connectivity index (χ0n) is 10.2. The third-order valence-electron chi connectivity index (χ3n) is 2.08. The molecule has 1 N–H and O–H groups in total.